The Kier molecular flexibility index (Phi) is 13.5. The molecule has 0 amide bonds. The first-order valence-corrected chi connectivity index (χ1v) is 10.2. The third-order valence-corrected chi connectivity index (χ3v) is 4.41. The molecule has 0 fully saturated rings. The second kappa shape index (κ2) is 14.1. The van der Waals surface area contributed by atoms with Crippen molar-refractivity contribution in [2.24, 2.45) is 11.3 Å². The maximum atomic E-state index is 12.1. The number of carbonyl (C=O) groups is 2. The van der Waals surface area contributed by atoms with Gasteiger partial charge >= 0.3 is 11.9 Å². The largest absolute Gasteiger partial charge is 0.465 e. The number of rotatable bonds is 15. The minimum Gasteiger partial charge on any atom is -0.465 e. The Hall–Kier alpha value is -1.06. The molecular weight excluding hydrogens is 316 g/mol. The van der Waals surface area contributed by atoms with E-state index in [0.717, 1.165) is 25.7 Å². The van der Waals surface area contributed by atoms with E-state index in [0.29, 0.717) is 19.1 Å². The molecule has 0 aliphatic rings. The Morgan fingerprint density at radius 1 is 0.760 bits per heavy atom. The van der Waals surface area contributed by atoms with Crippen LogP contribution in [0.5, 0.6) is 0 Å². The average molecular weight is 357 g/mol. The van der Waals surface area contributed by atoms with Gasteiger partial charge in [-0.3, -0.25) is 9.59 Å². The number of esters is 2. The molecule has 148 valence electrons. The van der Waals surface area contributed by atoms with Crippen LogP contribution in [0.4, 0.5) is 0 Å². The van der Waals surface area contributed by atoms with Gasteiger partial charge in [-0.05, 0) is 39.0 Å². The normalized spacial score (nSPS) is 11.6. The molecule has 0 aromatic carbocycles. The van der Waals surface area contributed by atoms with Gasteiger partial charge < -0.3 is 9.47 Å². The Morgan fingerprint density at radius 3 is 1.68 bits per heavy atom. The number of hydrogen-bond donors (Lipinski definition) is 0. The maximum Gasteiger partial charge on any atom is 0.322 e. The van der Waals surface area contributed by atoms with Gasteiger partial charge in [0.25, 0.3) is 0 Å². The quantitative estimate of drug-likeness (QED) is 0.215. The van der Waals surface area contributed by atoms with Crippen molar-refractivity contribution in [2.45, 2.75) is 98.8 Å². The third-order valence-electron chi connectivity index (χ3n) is 4.41. The highest BCUT2D eigenvalue weighted by molar-refractivity contribution is 5.99. The Morgan fingerprint density at radius 2 is 1.20 bits per heavy atom. The molecule has 0 saturated heterocycles. The summed E-state index contributed by atoms with van der Waals surface area (Å²) in [6.45, 7) is 10.4. The highest BCUT2D eigenvalue weighted by Crippen LogP contribution is 2.20. The van der Waals surface area contributed by atoms with E-state index in [1.165, 1.54) is 38.5 Å². The molecule has 0 radical (unpaired) electrons. The van der Waals surface area contributed by atoms with Crippen molar-refractivity contribution in [3.63, 3.8) is 0 Å². The van der Waals surface area contributed by atoms with Gasteiger partial charge in [0, 0.05) is 0 Å². The molecule has 0 saturated carbocycles. The van der Waals surface area contributed by atoms with Crippen LogP contribution in [-0.2, 0) is 19.1 Å². The zero-order valence-electron chi connectivity index (χ0n) is 17.2. The van der Waals surface area contributed by atoms with Crippen LogP contribution in [0, 0.1) is 11.3 Å². The van der Waals surface area contributed by atoms with E-state index < -0.39 is 17.4 Å². The van der Waals surface area contributed by atoms with Gasteiger partial charge in [-0.25, -0.2) is 0 Å². The van der Waals surface area contributed by atoms with Crippen LogP contribution in [-0.4, -0.2) is 25.2 Å². The summed E-state index contributed by atoms with van der Waals surface area (Å²) in [5.41, 5.74) is -1.22. The lowest BCUT2D eigenvalue weighted by atomic mass is 9.94. The number of unbranched alkanes of at least 4 members (excludes halogenated alkanes) is 7. The van der Waals surface area contributed by atoms with Crippen LogP contribution < -0.4 is 0 Å². The molecule has 0 heterocycles. The standard InChI is InChI=1S/C21H40O4/c1-6-7-8-9-10-11-12-13-16-24-19(22)21(4,5)20(23)25-17-14-15-18(2)3/h18H,6-17H2,1-5H3. The summed E-state index contributed by atoms with van der Waals surface area (Å²) in [5, 5.41) is 0. The van der Waals surface area contributed by atoms with Gasteiger partial charge in [0.1, 0.15) is 0 Å². The SMILES string of the molecule is CCCCCCCCCCOC(=O)C(C)(C)C(=O)OCCCC(C)C. The lowest BCUT2D eigenvalue weighted by Crippen LogP contribution is -2.37. The minimum absolute atomic E-state index is 0.367. The Balaban J connectivity index is 3.81. The van der Waals surface area contributed by atoms with E-state index in [4.69, 9.17) is 9.47 Å². The molecule has 0 atom stereocenters. The predicted molar refractivity (Wildman–Crippen MR) is 102 cm³/mol. The number of ether oxygens (including phenoxy) is 2. The van der Waals surface area contributed by atoms with Crippen molar-refractivity contribution in [3.05, 3.63) is 0 Å². The first-order chi connectivity index (χ1) is 11.8. The van der Waals surface area contributed by atoms with Crippen LogP contribution in [0.25, 0.3) is 0 Å². The molecule has 4 heteroatoms. The van der Waals surface area contributed by atoms with Crippen molar-refractivity contribution in [2.75, 3.05) is 13.2 Å². The second-order valence-electron chi connectivity index (χ2n) is 7.91. The molecule has 0 rings (SSSR count). The fourth-order valence-electron chi connectivity index (χ4n) is 2.50. The molecule has 0 bridgehead atoms. The van der Waals surface area contributed by atoms with E-state index in [9.17, 15) is 9.59 Å². The van der Waals surface area contributed by atoms with Crippen molar-refractivity contribution in [3.8, 4) is 0 Å². The molecule has 0 aromatic heterocycles. The lowest BCUT2D eigenvalue weighted by Gasteiger charge is -2.21. The molecule has 0 N–H and O–H groups in total. The molecule has 0 unspecified atom stereocenters. The summed E-state index contributed by atoms with van der Waals surface area (Å²) in [6.07, 6.45) is 11.4. The van der Waals surface area contributed by atoms with Gasteiger partial charge in [-0.1, -0.05) is 65.7 Å². The summed E-state index contributed by atoms with van der Waals surface area (Å²) < 4.78 is 10.5. The van der Waals surface area contributed by atoms with E-state index >= 15 is 0 Å². The smallest absolute Gasteiger partial charge is 0.322 e. The minimum atomic E-state index is -1.22. The monoisotopic (exact) mass is 356 g/mol. The summed E-state index contributed by atoms with van der Waals surface area (Å²) in [4.78, 5) is 24.2. The van der Waals surface area contributed by atoms with Crippen molar-refractivity contribution in [1.29, 1.82) is 0 Å². The van der Waals surface area contributed by atoms with E-state index in [1.54, 1.807) is 13.8 Å². The number of carbonyl (C=O) groups excluding carboxylic acids is 2. The molecule has 4 nitrogen and oxygen atoms in total. The first kappa shape index (κ1) is 23.9. The Labute approximate surface area is 155 Å². The predicted octanol–water partition coefficient (Wildman–Crippen LogP) is 5.68. The van der Waals surface area contributed by atoms with Gasteiger partial charge in [0.15, 0.2) is 5.41 Å². The van der Waals surface area contributed by atoms with Crippen LogP contribution in [0.1, 0.15) is 98.8 Å². The zero-order chi connectivity index (χ0) is 19.1. The highest BCUT2D eigenvalue weighted by Gasteiger charge is 2.39. The van der Waals surface area contributed by atoms with Gasteiger partial charge in [0.2, 0.25) is 0 Å². The molecule has 0 aromatic rings. The van der Waals surface area contributed by atoms with Gasteiger partial charge in [0.05, 0.1) is 13.2 Å². The zero-order valence-corrected chi connectivity index (χ0v) is 17.2. The first-order valence-electron chi connectivity index (χ1n) is 10.2. The van der Waals surface area contributed by atoms with Crippen molar-refractivity contribution < 1.29 is 19.1 Å². The van der Waals surface area contributed by atoms with Crippen LogP contribution in [0.3, 0.4) is 0 Å². The van der Waals surface area contributed by atoms with E-state index in [-0.39, 0.29) is 0 Å². The topological polar surface area (TPSA) is 52.6 Å². The molecule has 25 heavy (non-hydrogen) atoms. The molecule has 0 spiro atoms. The second-order valence-corrected chi connectivity index (χ2v) is 7.91. The van der Waals surface area contributed by atoms with Crippen molar-refractivity contribution >= 4 is 11.9 Å². The van der Waals surface area contributed by atoms with Crippen LogP contribution >= 0.6 is 0 Å². The third kappa shape index (κ3) is 12.0. The van der Waals surface area contributed by atoms with E-state index in [2.05, 4.69) is 20.8 Å². The fourth-order valence-corrected chi connectivity index (χ4v) is 2.50. The van der Waals surface area contributed by atoms with Gasteiger partial charge in [-0.2, -0.15) is 0 Å². The summed E-state index contributed by atoms with van der Waals surface area (Å²) in [7, 11) is 0. The van der Waals surface area contributed by atoms with Crippen LogP contribution in [0.15, 0.2) is 0 Å². The van der Waals surface area contributed by atoms with Crippen molar-refractivity contribution in [1.82, 2.24) is 0 Å². The maximum absolute atomic E-state index is 12.1. The molecule has 0 aliphatic heterocycles. The van der Waals surface area contributed by atoms with E-state index in [1.807, 2.05) is 0 Å². The Bertz CT molecular complexity index is 361. The molecule has 0 aliphatic carbocycles. The number of hydrogen-bond acceptors (Lipinski definition) is 4. The fraction of sp³-hybridized carbons (Fsp3) is 0.905. The van der Waals surface area contributed by atoms with Gasteiger partial charge in [-0.15, -0.1) is 0 Å². The molecular formula is C21H40O4. The average Bonchev–Trinajstić information content (AvgIpc) is 2.56. The highest BCUT2D eigenvalue weighted by atomic mass is 16.6. The van der Waals surface area contributed by atoms with Crippen LogP contribution in [0.2, 0.25) is 0 Å². The summed E-state index contributed by atoms with van der Waals surface area (Å²) >= 11 is 0. The summed E-state index contributed by atoms with van der Waals surface area (Å²) in [6, 6.07) is 0. The lowest BCUT2D eigenvalue weighted by molar-refractivity contribution is -0.170. The summed E-state index contributed by atoms with van der Waals surface area (Å²) in [5.74, 6) is -0.384.